The lowest BCUT2D eigenvalue weighted by molar-refractivity contribution is -0.148. The van der Waals surface area contributed by atoms with E-state index in [1.165, 1.54) is 97.3 Å². The number of carbonyl (C=O) groups is 3. The maximum Gasteiger partial charge on any atom is 0.331 e. The van der Waals surface area contributed by atoms with Crippen LogP contribution in [0.25, 0.3) is 0 Å². The third kappa shape index (κ3) is 19.7. The van der Waals surface area contributed by atoms with E-state index in [4.69, 9.17) is 9.47 Å². The highest BCUT2D eigenvalue weighted by Crippen LogP contribution is 2.13. The molecule has 30 heavy (non-hydrogen) atoms. The minimum absolute atomic E-state index is 0.243. The Morgan fingerprint density at radius 3 is 1.50 bits per heavy atom. The van der Waals surface area contributed by atoms with Crippen molar-refractivity contribution in [3.63, 3.8) is 0 Å². The lowest BCUT2D eigenvalue weighted by atomic mass is 10.0. The Labute approximate surface area is 184 Å². The van der Waals surface area contributed by atoms with Crippen LogP contribution in [0.2, 0.25) is 0 Å². The molecule has 0 saturated carbocycles. The molecule has 0 aromatic heterocycles. The number of unbranched alkanes of at least 4 members (excludes halogenated alkanes) is 14. The van der Waals surface area contributed by atoms with Gasteiger partial charge in [-0.05, 0) is 20.3 Å². The first-order chi connectivity index (χ1) is 14.5. The molecule has 0 aliphatic rings. The molecule has 0 aliphatic carbocycles. The van der Waals surface area contributed by atoms with Crippen LogP contribution in [0.3, 0.4) is 0 Å². The molecule has 0 amide bonds. The molecular weight excluding hydrogens is 380 g/mol. The van der Waals surface area contributed by atoms with Crippen molar-refractivity contribution in [2.45, 2.75) is 123 Å². The minimum atomic E-state index is -0.807. The Hall–Kier alpha value is -1.65. The second-order valence-corrected chi connectivity index (χ2v) is 8.14. The Kier molecular flexibility index (Phi) is 19.5. The smallest absolute Gasteiger partial charge is 0.331 e. The summed E-state index contributed by atoms with van der Waals surface area (Å²) in [4.78, 5) is 33.9. The molecule has 1 atom stereocenters. The fourth-order valence-electron chi connectivity index (χ4n) is 3.13. The second kappa shape index (κ2) is 20.6. The monoisotopic (exact) mass is 424 g/mol. The van der Waals surface area contributed by atoms with Crippen molar-refractivity contribution in [1.29, 1.82) is 0 Å². The SMILES string of the molecule is CCCCCCCCCCCCCCCCCOC(=O)/C=C/C(=O)OC(C)C(C)=O. The van der Waals surface area contributed by atoms with E-state index in [1.807, 2.05) is 0 Å². The van der Waals surface area contributed by atoms with E-state index in [0.717, 1.165) is 25.0 Å². The molecule has 0 fully saturated rings. The third-order valence-corrected chi connectivity index (χ3v) is 5.21. The molecule has 0 saturated heterocycles. The summed E-state index contributed by atoms with van der Waals surface area (Å²) in [7, 11) is 0. The number of hydrogen-bond acceptors (Lipinski definition) is 5. The van der Waals surface area contributed by atoms with Crippen molar-refractivity contribution >= 4 is 17.7 Å². The van der Waals surface area contributed by atoms with E-state index in [1.54, 1.807) is 0 Å². The van der Waals surface area contributed by atoms with Crippen LogP contribution in [0.1, 0.15) is 117 Å². The second-order valence-electron chi connectivity index (χ2n) is 8.14. The topological polar surface area (TPSA) is 69.7 Å². The zero-order chi connectivity index (χ0) is 22.5. The van der Waals surface area contributed by atoms with Gasteiger partial charge in [0.15, 0.2) is 11.9 Å². The van der Waals surface area contributed by atoms with Gasteiger partial charge in [0, 0.05) is 12.2 Å². The van der Waals surface area contributed by atoms with Crippen LogP contribution in [0.4, 0.5) is 0 Å². The van der Waals surface area contributed by atoms with Gasteiger partial charge >= 0.3 is 11.9 Å². The predicted octanol–water partition coefficient (Wildman–Crippen LogP) is 6.48. The van der Waals surface area contributed by atoms with Crippen molar-refractivity contribution in [3.05, 3.63) is 12.2 Å². The summed E-state index contributed by atoms with van der Waals surface area (Å²) >= 11 is 0. The Morgan fingerprint density at radius 1 is 0.667 bits per heavy atom. The fourth-order valence-corrected chi connectivity index (χ4v) is 3.13. The molecule has 0 spiro atoms. The van der Waals surface area contributed by atoms with Crippen molar-refractivity contribution in [3.8, 4) is 0 Å². The molecule has 1 unspecified atom stereocenters. The Morgan fingerprint density at radius 2 is 1.07 bits per heavy atom. The van der Waals surface area contributed by atoms with Gasteiger partial charge in [0.05, 0.1) is 6.61 Å². The van der Waals surface area contributed by atoms with Crippen LogP contribution in [0.5, 0.6) is 0 Å². The van der Waals surface area contributed by atoms with Crippen molar-refractivity contribution in [2.75, 3.05) is 6.61 Å². The third-order valence-electron chi connectivity index (χ3n) is 5.21. The van der Waals surface area contributed by atoms with Crippen molar-refractivity contribution in [2.24, 2.45) is 0 Å². The summed E-state index contributed by atoms with van der Waals surface area (Å²) in [5.74, 6) is -1.53. The van der Waals surface area contributed by atoms with Crippen LogP contribution < -0.4 is 0 Å². The molecular formula is C25H44O5. The van der Waals surface area contributed by atoms with E-state index in [9.17, 15) is 14.4 Å². The number of esters is 2. The van der Waals surface area contributed by atoms with Gasteiger partial charge in [-0.2, -0.15) is 0 Å². The van der Waals surface area contributed by atoms with Gasteiger partial charge in [0.2, 0.25) is 0 Å². The molecule has 0 aliphatic heterocycles. The first kappa shape index (κ1) is 28.4. The number of carbonyl (C=O) groups excluding carboxylic acids is 3. The van der Waals surface area contributed by atoms with E-state index in [2.05, 4.69) is 6.92 Å². The van der Waals surface area contributed by atoms with E-state index in [0.29, 0.717) is 6.61 Å². The molecule has 0 rings (SSSR count). The maximum atomic E-state index is 11.5. The minimum Gasteiger partial charge on any atom is -0.463 e. The molecule has 5 heteroatoms. The van der Waals surface area contributed by atoms with Crippen LogP contribution in [-0.2, 0) is 23.9 Å². The fraction of sp³-hybridized carbons (Fsp3) is 0.800. The van der Waals surface area contributed by atoms with Gasteiger partial charge in [-0.1, -0.05) is 96.8 Å². The highest BCUT2D eigenvalue weighted by molar-refractivity contribution is 5.93. The van der Waals surface area contributed by atoms with E-state index < -0.39 is 18.0 Å². The quantitative estimate of drug-likeness (QED) is 0.127. The summed E-state index contributed by atoms with van der Waals surface area (Å²) in [5.41, 5.74) is 0. The zero-order valence-electron chi connectivity index (χ0n) is 19.6. The first-order valence-corrected chi connectivity index (χ1v) is 12.0. The first-order valence-electron chi connectivity index (χ1n) is 12.0. The van der Waals surface area contributed by atoms with Crippen LogP contribution >= 0.6 is 0 Å². The molecule has 0 bridgehead atoms. The lowest BCUT2D eigenvalue weighted by Gasteiger charge is -2.07. The molecule has 0 aromatic carbocycles. The number of hydrogen-bond donors (Lipinski definition) is 0. The van der Waals surface area contributed by atoms with Gasteiger partial charge in [-0.25, -0.2) is 9.59 Å². The van der Waals surface area contributed by atoms with Crippen molar-refractivity contribution in [1.82, 2.24) is 0 Å². The van der Waals surface area contributed by atoms with Gasteiger partial charge in [0.25, 0.3) is 0 Å². The summed E-state index contributed by atoms with van der Waals surface area (Å²) in [6.45, 7) is 5.45. The van der Waals surface area contributed by atoms with Crippen LogP contribution in [-0.4, -0.2) is 30.4 Å². The molecule has 5 nitrogen and oxygen atoms in total. The molecule has 0 radical (unpaired) electrons. The summed E-state index contributed by atoms with van der Waals surface area (Å²) in [6, 6.07) is 0. The number of rotatable bonds is 20. The average Bonchev–Trinajstić information content (AvgIpc) is 2.71. The molecule has 0 N–H and O–H groups in total. The summed E-state index contributed by atoms with van der Waals surface area (Å²) < 4.78 is 9.87. The van der Waals surface area contributed by atoms with Gasteiger partial charge < -0.3 is 9.47 Å². The molecule has 0 aromatic rings. The highest BCUT2D eigenvalue weighted by atomic mass is 16.5. The highest BCUT2D eigenvalue weighted by Gasteiger charge is 2.11. The van der Waals surface area contributed by atoms with Crippen LogP contribution in [0, 0.1) is 0 Å². The Bertz CT molecular complexity index is 484. The van der Waals surface area contributed by atoms with E-state index in [-0.39, 0.29) is 5.78 Å². The van der Waals surface area contributed by atoms with Gasteiger partial charge in [-0.15, -0.1) is 0 Å². The Balaban J connectivity index is 3.39. The maximum absolute atomic E-state index is 11.5. The number of ether oxygens (including phenoxy) is 2. The number of ketones is 1. The standard InChI is InChI=1S/C25H44O5/c1-4-5-6-7-8-9-10-11-12-13-14-15-16-17-18-21-29-24(27)19-20-25(28)30-23(3)22(2)26/h19-20,23H,4-18,21H2,1-3H3/b20-19+. The van der Waals surface area contributed by atoms with Crippen LogP contribution in [0.15, 0.2) is 12.2 Å². The van der Waals surface area contributed by atoms with Crippen molar-refractivity contribution < 1.29 is 23.9 Å². The molecule has 0 heterocycles. The van der Waals surface area contributed by atoms with Gasteiger partial charge in [0.1, 0.15) is 0 Å². The lowest BCUT2D eigenvalue weighted by Crippen LogP contribution is -2.20. The predicted molar refractivity (Wildman–Crippen MR) is 121 cm³/mol. The normalized spacial score (nSPS) is 12.1. The average molecular weight is 425 g/mol. The van der Waals surface area contributed by atoms with Gasteiger partial charge in [-0.3, -0.25) is 4.79 Å². The summed E-state index contributed by atoms with van der Waals surface area (Å²) in [5, 5.41) is 0. The summed E-state index contributed by atoms with van der Waals surface area (Å²) in [6.07, 6.45) is 20.6. The largest absolute Gasteiger partial charge is 0.463 e. The van der Waals surface area contributed by atoms with E-state index >= 15 is 0 Å². The number of Topliss-reactive ketones (excluding diaryl/α,β-unsaturated/α-hetero) is 1. The zero-order valence-corrected chi connectivity index (χ0v) is 19.6. The molecule has 174 valence electrons.